The molecule has 0 aliphatic carbocycles. The average molecular weight is 454 g/mol. The molecule has 0 spiro atoms. The van der Waals surface area contributed by atoms with Crippen molar-refractivity contribution in [2.24, 2.45) is 0 Å². The maximum absolute atomic E-state index is 13.4. The Balaban J connectivity index is 1.29. The largest absolute Gasteiger partial charge is 0.325 e. The summed E-state index contributed by atoms with van der Waals surface area (Å²) in [5, 5.41) is 2.89. The van der Waals surface area contributed by atoms with Gasteiger partial charge in [0.2, 0.25) is 15.9 Å². The van der Waals surface area contributed by atoms with Crippen LogP contribution in [0.3, 0.4) is 0 Å². The second-order valence-corrected chi connectivity index (χ2v) is 9.57. The van der Waals surface area contributed by atoms with Crippen LogP contribution >= 0.6 is 0 Å². The van der Waals surface area contributed by atoms with Crippen molar-refractivity contribution in [2.45, 2.75) is 4.90 Å². The summed E-state index contributed by atoms with van der Waals surface area (Å²) in [7, 11) is -3.75. The summed E-state index contributed by atoms with van der Waals surface area (Å²) in [4.78, 5) is 14.3. The Morgan fingerprint density at radius 3 is 2.16 bits per heavy atom. The fraction of sp³-hybridized carbons (Fsp3) is 0.208. The lowest BCUT2D eigenvalue weighted by Crippen LogP contribution is -2.50. The Morgan fingerprint density at radius 1 is 0.844 bits per heavy atom. The summed E-state index contributed by atoms with van der Waals surface area (Å²) in [6.07, 6.45) is 0. The van der Waals surface area contributed by atoms with Crippen molar-refractivity contribution in [1.82, 2.24) is 9.21 Å². The minimum atomic E-state index is -3.75. The lowest BCUT2D eigenvalue weighted by molar-refractivity contribution is -0.117. The van der Waals surface area contributed by atoms with Crippen LogP contribution in [-0.4, -0.2) is 56.3 Å². The smallest absolute Gasteiger partial charge is 0.243 e. The summed E-state index contributed by atoms with van der Waals surface area (Å²) in [6.45, 7) is 1.52. The van der Waals surface area contributed by atoms with E-state index in [-0.39, 0.29) is 30.4 Å². The van der Waals surface area contributed by atoms with E-state index in [9.17, 15) is 17.6 Å². The van der Waals surface area contributed by atoms with E-state index >= 15 is 0 Å². The molecule has 0 atom stereocenters. The maximum atomic E-state index is 13.4. The molecule has 0 radical (unpaired) electrons. The molecule has 166 valence electrons. The standard InChI is InChI=1S/C24H24FN3O3S/c25-21-7-4-8-23(17-21)32(30,31)28-15-13-27(14-16-28)18-24(29)26-22-11-9-20(10-12-22)19-5-2-1-3-6-19/h1-12,17H,13-16,18H2,(H,26,29). The molecule has 8 heteroatoms. The normalized spacial score (nSPS) is 15.4. The number of sulfonamides is 1. The van der Waals surface area contributed by atoms with Gasteiger partial charge in [-0.1, -0.05) is 48.5 Å². The molecule has 1 aliphatic heterocycles. The topological polar surface area (TPSA) is 69.7 Å². The first-order valence-electron chi connectivity index (χ1n) is 10.4. The van der Waals surface area contributed by atoms with Gasteiger partial charge in [0.15, 0.2) is 0 Å². The minimum Gasteiger partial charge on any atom is -0.325 e. The Kier molecular flexibility index (Phi) is 6.64. The number of hydrogen-bond donors (Lipinski definition) is 1. The Morgan fingerprint density at radius 2 is 1.50 bits per heavy atom. The van der Waals surface area contributed by atoms with Crippen LogP contribution < -0.4 is 5.32 Å². The third-order valence-electron chi connectivity index (χ3n) is 5.41. The molecule has 1 fully saturated rings. The number of halogens is 1. The fourth-order valence-corrected chi connectivity index (χ4v) is 5.14. The first kappa shape index (κ1) is 22.1. The highest BCUT2D eigenvalue weighted by Crippen LogP contribution is 2.21. The molecule has 1 amide bonds. The first-order chi connectivity index (χ1) is 15.4. The van der Waals surface area contributed by atoms with Gasteiger partial charge in [-0.15, -0.1) is 0 Å². The SMILES string of the molecule is O=C(CN1CCN(S(=O)(=O)c2cccc(F)c2)CC1)Nc1ccc(-c2ccccc2)cc1. The molecule has 1 saturated heterocycles. The van der Waals surface area contributed by atoms with Crippen LogP contribution in [0, 0.1) is 5.82 Å². The average Bonchev–Trinajstić information content (AvgIpc) is 2.80. The van der Waals surface area contributed by atoms with Crippen LogP contribution in [0.2, 0.25) is 0 Å². The monoisotopic (exact) mass is 453 g/mol. The number of nitrogens with one attached hydrogen (secondary N) is 1. The number of piperazine rings is 1. The van der Waals surface area contributed by atoms with Crippen molar-refractivity contribution >= 4 is 21.6 Å². The number of anilines is 1. The number of benzene rings is 3. The van der Waals surface area contributed by atoms with Gasteiger partial charge in [-0.25, -0.2) is 12.8 Å². The summed E-state index contributed by atoms with van der Waals surface area (Å²) >= 11 is 0. The summed E-state index contributed by atoms with van der Waals surface area (Å²) < 4.78 is 40.2. The number of hydrogen-bond acceptors (Lipinski definition) is 4. The van der Waals surface area contributed by atoms with Gasteiger partial charge in [0.25, 0.3) is 0 Å². The molecule has 0 bridgehead atoms. The Hall–Kier alpha value is -3.07. The lowest BCUT2D eigenvalue weighted by atomic mass is 10.1. The predicted molar refractivity (Wildman–Crippen MR) is 122 cm³/mol. The Bertz CT molecular complexity index is 1180. The molecule has 1 heterocycles. The first-order valence-corrected chi connectivity index (χ1v) is 11.8. The van der Waals surface area contributed by atoms with E-state index in [2.05, 4.69) is 5.32 Å². The van der Waals surface area contributed by atoms with Crippen molar-refractivity contribution in [3.63, 3.8) is 0 Å². The zero-order valence-corrected chi connectivity index (χ0v) is 18.3. The molecule has 1 aliphatic rings. The molecule has 0 saturated carbocycles. The number of carbonyl (C=O) groups is 1. The molecule has 1 N–H and O–H groups in total. The molecular weight excluding hydrogens is 429 g/mol. The van der Waals surface area contributed by atoms with Gasteiger partial charge < -0.3 is 5.32 Å². The highest BCUT2D eigenvalue weighted by Gasteiger charge is 2.29. The van der Waals surface area contributed by atoms with Crippen molar-refractivity contribution < 1.29 is 17.6 Å². The molecule has 3 aromatic carbocycles. The van der Waals surface area contributed by atoms with E-state index < -0.39 is 15.8 Å². The Labute approximate surface area is 187 Å². The predicted octanol–water partition coefficient (Wildman–Crippen LogP) is 3.44. The number of carbonyl (C=O) groups excluding carboxylic acids is 1. The third-order valence-corrected chi connectivity index (χ3v) is 7.30. The van der Waals surface area contributed by atoms with Crippen LogP contribution in [0.5, 0.6) is 0 Å². The highest BCUT2D eigenvalue weighted by molar-refractivity contribution is 7.89. The molecule has 0 aromatic heterocycles. The van der Waals surface area contributed by atoms with Crippen molar-refractivity contribution in [1.29, 1.82) is 0 Å². The van der Waals surface area contributed by atoms with E-state index in [1.165, 1.54) is 22.5 Å². The third kappa shape index (κ3) is 5.21. The summed E-state index contributed by atoms with van der Waals surface area (Å²) in [6, 6.07) is 22.6. The summed E-state index contributed by atoms with van der Waals surface area (Å²) in [5.74, 6) is -0.739. The van der Waals surface area contributed by atoms with E-state index in [4.69, 9.17) is 0 Å². The van der Waals surface area contributed by atoms with Gasteiger partial charge in [-0.05, 0) is 41.5 Å². The quantitative estimate of drug-likeness (QED) is 0.621. The van der Waals surface area contributed by atoms with Gasteiger partial charge in [-0.3, -0.25) is 9.69 Å². The fourth-order valence-electron chi connectivity index (χ4n) is 3.68. The molecule has 0 unspecified atom stereocenters. The van der Waals surface area contributed by atoms with Gasteiger partial charge in [0.1, 0.15) is 5.82 Å². The van der Waals surface area contributed by atoms with Crippen LogP contribution in [0.1, 0.15) is 0 Å². The van der Waals surface area contributed by atoms with Gasteiger partial charge in [0.05, 0.1) is 11.4 Å². The molecule has 4 rings (SSSR count). The van der Waals surface area contributed by atoms with E-state index in [1.807, 2.05) is 59.5 Å². The van der Waals surface area contributed by atoms with Gasteiger partial charge in [0, 0.05) is 31.9 Å². The second kappa shape index (κ2) is 9.60. The number of nitrogens with zero attached hydrogens (tertiary/aromatic N) is 2. The zero-order chi connectivity index (χ0) is 22.6. The molecule has 3 aromatic rings. The molecule has 6 nitrogen and oxygen atoms in total. The summed E-state index contributed by atoms with van der Waals surface area (Å²) in [5.41, 5.74) is 2.89. The molecular formula is C24H24FN3O3S. The van der Waals surface area contributed by atoms with Crippen molar-refractivity contribution in [3.8, 4) is 11.1 Å². The van der Waals surface area contributed by atoms with Crippen LogP contribution in [0.25, 0.3) is 11.1 Å². The van der Waals surface area contributed by atoms with Crippen molar-refractivity contribution in [3.05, 3.63) is 84.7 Å². The lowest BCUT2D eigenvalue weighted by Gasteiger charge is -2.33. The van der Waals surface area contributed by atoms with E-state index in [0.717, 1.165) is 17.2 Å². The highest BCUT2D eigenvalue weighted by atomic mass is 32.2. The number of rotatable bonds is 6. The zero-order valence-electron chi connectivity index (χ0n) is 17.4. The van der Waals surface area contributed by atoms with E-state index in [0.29, 0.717) is 18.8 Å². The van der Waals surface area contributed by atoms with E-state index in [1.54, 1.807) is 0 Å². The van der Waals surface area contributed by atoms with Gasteiger partial charge in [-0.2, -0.15) is 4.31 Å². The number of amides is 1. The van der Waals surface area contributed by atoms with Crippen LogP contribution in [0.15, 0.2) is 83.8 Å². The van der Waals surface area contributed by atoms with Crippen molar-refractivity contribution in [2.75, 3.05) is 38.0 Å². The minimum absolute atomic E-state index is 0.0531. The van der Waals surface area contributed by atoms with Gasteiger partial charge >= 0.3 is 0 Å². The van der Waals surface area contributed by atoms with Crippen LogP contribution in [0.4, 0.5) is 10.1 Å². The van der Waals surface area contributed by atoms with Crippen LogP contribution in [-0.2, 0) is 14.8 Å². The maximum Gasteiger partial charge on any atom is 0.243 e. The second-order valence-electron chi connectivity index (χ2n) is 7.63. The molecule has 32 heavy (non-hydrogen) atoms.